The number of hydrogen-bond donors (Lipinski definition) is 2. The molecule has 0 bridgehead atoms. The molecule has 0 spiro atoms. The fraction of sp³-hybridized carbons (Fsp3) is 0.167. The second-order valence-corrected chi connectivity index (χ2v) is 6.75. The van der Waals surface area contributed by atoms with Crippen LogP contribution in [0.1, 0.15) is 12.5 Å². The normalized spacial score (nSPS) is 11.9. The Morgan fingerprint density at radius 2 is 1.88 bits per heavy atom. The molecule has 6 nitrogen and oxygen atoms in total. The Kier molecular flexibility index (Phi) is 5.04. The Labute approximate surface area is 149 Å². The number of carbonyl (C=O) groups excluding carboxylic acids is 1. The van der Waals surface area contributed by atoms with E-state index in [1.54, 1.807) is 31.2 Å². The molecule has 0 aliphatic heterocycles. The van der Waals surface area contributed by atoms with Gasteiger partial charge in [-0.25, -0.2) is 0 Å². The number of hydrogen-bond acceptors (Lipinski definition) is 6. The van der Waals surface area contributed by atoms with Gasteiger partial charge in [0, 0.05) is 5.69 Å². The van der Waals surface area contributed by atoms with E-state index in [2.05, 4.69) is 15.5 Å². The number of carbonyl (C=O) groups is 1. The maximum absolute atomic E-state index is 12.3. The number of nitrogens with zero attached hydrogens (tertiary/aromatic N) is 2. The number of phenolic OH excluding ortho intramolecular Hbond substituents is 1. The fourth-order valence-electron chi connectivity index (χ4n) is 2.17. The monoisotopic (exact) mass is 355 g/mol. The van der Waals surface area contributed by atoms with Crippen molar-refractivity contribution >= 4 is 23.4 Å². The number of amides is 1. The summed E-state index contributed by atoms with van der Waals surface area (Å²) in [5.74, 6) is 0.127. The first kappa shape index (κ1) is 17.0. The summed E-state index contributed by atoms with van der Waals surface area (Å²) in [5, 5.41) is 20.4. The number of aromatic hydroxyl groups is 1. The van der Waals surface area contributed by atoms with Crippen LogP contribution in [0.3, 0.4) is 0 Å². The molecule has 1 heterocycles. The van der Waals surface area contributed by atoms with Crippen LogP contribution < -0.4 is 5.32 Å². The van der Waals surface area contributed by atoms with E-state index in [-0.39, 0.29) is 22.8 Å². The quantitative estimate of drug-likeness (QED) is 0.676. The summed E-state index contributed by atoms with van der Waals surface area (Å²) < 4.78 is 5.55. The van der Waals surface area contributed by atoms with E-state index in [0.29, 0.717) is 5.56 Å². The van der Waals surface area contributed by atoms with Crippen molar-refractivity contribution in [3.8, 4) is 17.2 Å². The maximum atomic E-state index is 12.3. The summed E-state index contributed by atoms with van der Waals surface area (Å²) >= 11 is 1.16. The topological polar surface area (TPSA) is 88.2 Å². The number of anilines is 1. The molecule has 2 aromatic carbocycles. The Morgan fingerprint density at radius 1 is 1.16 bits per heavy atom. The minimum Gasteiger partial charge on any atom is -0.507 e. The first-order valence-electron chi connectivity index (χ1n) is 7.69. The molecule has 7 heteroatoms. The van der Waals surface area contributed by atoms with Crippen molar-refractivity contribution in [2.45, 2.75) is 24.3 Å². The third-order valence-electron chi connectivity index (χ3n) is 3.59. The number of para-hydroxylation sites is 2. The predicted molar refractivity (Wildman–Crippen MR) is 96.5 cm³/mol. The van der Waals surface area contributed by atoms with E-state index in [1.807, 2.05) is 31.2 Å². The molecule has 3 aromatic rings. The zero-order valence-corrected chi connectivity index (χ0v) is 14.6. The lowest BCUT2D eigenvalue weighted by atomic mass is 10.2. The second kappa shape index (κ2) is 7.40. The standard InChI is InChI=1S/C18H17N3O3S/c1-11-7-3-5-9-14(11)19-16(23)12(2)25-18-21-20-17(24-18)13-8-4-6-10-15(13)22/h3-10,12,22H,1-2H3,(H,19,23)/t12-/m0/s1. The average Bonchev–Trinajstić information content (AvgIpc) is 3.05. The number of benzene rings is 2. The minimum atomic E-state index is -0.419. The third-order valence-corrected chi connectivity index (χ3v) is 4.52. The van der Waals surface area contributed by atoms with E-state index in [9.17, 15) is 9.90 Å². The van der Waals surface area contributed by atoms with E-state index >= 15 is 0 Å². The van der Waals surface area contributed by atoms with Crippen LogP contribution in [-0.2, 0) is 4.79 Å². The molecule has 3 rings (SSSR count). The summed E-state index contributed by atoms with van der Waals surface area (Å²) in [6, 6.07) is 14.3. The summed E-state index contributed by atoms with van der Waals surface area (Å²) in [6.45, 7) is 3.70. The van der Waals surface area contributed by atoms with Crippen molar-refractivity contribution in [2.75, 3.05) is 5.32 Å². The van der Waals surface area contributed by atoms with Gasteiger partial charge in [-0.3, -0.25) is 4.79 Å². The molecule has 128 valence electrons. The Morgan fingerprint density at radius 3 is 2.64 bits per heavy atom. The van der Waals surface area contributed by atoms with Crippen LogP contribution in [0.2, 0.25) is 0 Å². The van der Waals surface area contributed by atoms with Crippen molar-refractivity contribution in [2.24, 2.45) is 0 Å². The number of thioether (sulfide) groups is 1. The first-order valence-corrected chi connectivity index (χ1v) is 8.57. The zero-order valence-electron chi connectivity index (χ0n) is 13.8. The zero-order chi connectivity index (χ0) is 17.8. The molecule has 0 radical (unpaired) electrons. The molecule has 1 aromatic heterocycles. The van der Waals surface area contributed by atoms with E-state index in [4.69, 9.17) is 4.42 Å². The van der Waals surface area contributed by atoms with Crippen molar-refractivity contribution in [1.82, 2.24) is 10.2 Å². The Balaban J connectivity index is 1.67. The van der Waals surface area contributed by atoms with Crippen LogP contribution in [0.25, 0.3) is 11.5 Å². The average molecular weight is 355 g/mol. The van der Waals surface area contributed by atoms with Crippen molar-refractivity contribution in [1.29, 1.82) is 0 Å². The van der Waals surface area contributed by atoms with E-state index in [1.165, 1.54) is 0 Å². The van der Waals surface area contributed by atoms with Crippen molar-refractivity contribution in [3.05, 3.63) is 54.1 Å². The molecule has 0 saturated heterocycles. The van der Waals surface area contributed by atoms with Crippen LogP contribution in [0.15, 0.2) is 58.2 Å². The van der Waals surface area contributed by atoms with Gasteiger partial charge in [0.05, 0.1) is 10.8 Å². The molecular weight excluding hydrogens is 338 g/mol. The number of phenols is 1. The Hall–Kier alpha value is -2.80. The number of nitrogens with one attached hydrogen (secondary N) is 1. The lowest BCUT2D eigenvalue weighted by molar-refractivity contribution is -0.115. The third kappa shape index (κ3) is 4.00. The van der Waals surface area contributed by atoms with Gasteiger partial charge in [0.1, 0.15) is 5.75 Å². The molecule has 0 unspecified atom stereocenters. The van der Waals surface area contributed by atoms with Gasteiger partial charge in [-0.05, 0) is 37.6 Å². The van der Waals surface area contributed by atoms with Crippen molar-refractivity contribution < 1.29 is 14.3 Å². The highest BCUT2D eigenvalue weighted by Gasteiger charge is 2.20. The predicted octanol–water partition coefficient (Wildman–Crippen LogP) is 3.87. The van der Waals surface area contributed by atoms with Crippen LogP contribution in [0, 0.1) is 6.92 Å². The maximum Gasteiger partial charge on any atom is 0.277 e. The van der Waals surface area contributed by atoms with Gasteiger partial charge in [-0.15, -0.1) is 10.2 Å². The smallest absolute Gasteiger partial charge is 0.277 e. The number of rotatable bonds is 5. The van der Waals surface area contributed by atoms with Crippen LogP contribution in [0.4, 0.5) is 5.69 Å². The largest absolute Gasteiger partial charge is 0.507 e. The van der Waals surface area contributed by atoms with E-state index < -0.39 is 5.25 Å². The van der Waals surface area contributed by atoms with Gasteiger partial charge in [0.2, 0.25) is 5.91 Å². The van der Waals surface area contributed by atoms with E-state index in [0.717, 1.165) is 23.0 Å². The SMILES string of the molecule is Cc1ccccc1NC(=O)[C@H](C)Sc1nnc(-c2ccccc2O)o1. The molecule has 0 fully saturated rings. The van der Waals surface area contributed by atoms with Gasteiger partial charge in [-0.2, -0.15) is 0 Å². The number of aryl methyl sites for hydroxylation is 1. The van der Waals surface area contributed by atoms with Crippen LogP contribution in [0.5, 0.6) is 5.75 Å². The summed E-state index contributed by atoms with van der Waals surface area (Å²) in [6.07, 6.45) is 0. The second-order valence-electron chi connectivity index (χ2n) is 5.45. The van der Waals surface area contributed by atoms with Gasteiger partial charge >= 0.3 is 0 Å². The lowest BCUT2D eigenvalue weighted by Gasteiger charge is -2.11. The minimum absolute atomic E-state index is 0.0630. The Bertz CT molecular complexity index is 895. The lowest BCUT2D eigenvalue weighted by Crippen LogP contribution is -2.22. The first-order chi connectivity index (χ1) is 12.0. The van der Waals surface area contributed by atoms with Gasteiger partial charge < -0.3 is 14.8 Å². The summed E-state index contributed by atoms with van der Waals surface area (Å²) in [7, 11) is 0. The molecule has 1 amide bonds. The van der Waals surface area contributed by atoms with Gasteiger partial charge in [-0.1, -0.05) is 42.1 Å². The molecular formula is C18H17N3O3S. The van der Waals surface area contributed by atoms with Gasteiger partial charge in [0.25, 0.3) is 11.1 Å². The summed E-state index contributed by atoms with van der Waals surface area (Å²) in [4.78, 5) is 12.3. The van der Waals surface area contributed by atoms with Crippen molar-refractivity contribution in [3.63, 3.8) is 0 Å². The molecule has 0 aliphatic rings. The van der Waals surface area contributed by atoms with Gasteiger partial charge in [0.15, 0.2) is 0 Å². The highest BCUT2D eigenvalue weighted by atomic mass is 32.2. The van der Waals surface area contributed by atoms with Crippen LogP contribution in [-0.4, -0.2) is 26.5 Å². The molecule has 25 heavy (non-hydrogen) atoms. The fourth-order valence-corrected chi connectivity index (χ4v) is 2.86. The highest BCUT2D eigenvalue weighted by molar-refractivity contribution is 8.00. The summed E-state index contributed by atoms with van der Waals surface area (Å²) in [5.41, 5.74) is 2.23. The molecule has 2 N–H and O–H groups in total. The van der Waals surface area contributed by atoms with Crippen LogP contribution >= 0.6 is 11.8 Å². The molecule has 0 saturated carbocycles. The number of aromatic nitrogens is 2. The molecule has 0 aliphatic carbocycles. The molecule has 1 atom stereocenters. The highest BCUT2D eigenvalue weighted by Crippen LogP contribution is 2.31.